The van der Waals surface area contributed by atoms with E-state index in [1.165, 1.54) is 23.1 Å². The number of thiazole rings is 1. The van der Waals surface area contributed by atoms with Gasteiger partial charge >= 0.3 is 0 Å². The van der Waals surface area contributed by atoms with Crippen LogP contribution in [0.1, 0.15) is 0 Å². The van der Waals surface area contributed by atoms with E-state index in [4.69, 9.17) is 9.97 Å². The second-order valence-corrected chi connectivity index (χ2v) is 7.96. The van der Waals surface area contributed by atoms with Crippen LogP contribution in [-0.4, -0.2) is 36.2 Å². The average Bonchev–Trinajstić information content (AvgIpc) is 3.43. The number of carbonyl (C=O) groups is 1. The number of thioether (sulfide) groups is 1. The number of benzene rings is 2. The topological polar surface area (TPSA) is 85.1 Å². The lowest BCUT2D eigenvalue weighted by atomic mass is 10.2. The van der Waals surface area contributed by atoms with Crippen molar-refractivity contribution in [3.8, 4) is 11.4 Å². The number of rotatable bonds is 5. The molecule has 3 aromatic heterocycles. The van der Waals surface area contributed by atoms with Crippen LogP contribution >= 0.6 is 23.1 Å². The fourth-order valence-electron chi connectivity index (χ4n) is 2.90. The van der Waals surface area contributed by atoms with E-state index in [1.54, 1.807) is 10.7 Å². The number of fused-ring (bicyclic) bond motifs is 3. The van der Waals surface area contributed by atoms with Crippen LogP contribution in [0.15, 0.2) is 71.3 Å². The highest BCUT2D eigenvalue weighted by molar-refractivity contribution is 7.99. The summed E-state index contributed by atoms with van der Waals surface area (Å²) in [6.07, 6.45) is 1.66. The quantitative estimate of drug-likeness (QED) is 0.341. The first kappa shape index (κ1) is 17.8. The molecule has 9 heteroatoms. The molecule has 0 unspecified atom stereocenters. The van der Waals surface area contributed by atoms with Gasteiger partial charge in [-0.15, -0.1) is 16.4 Å². The summed E-state index contributed by atoms with van der Waals surface area (Å²) in [5, 5.41) is 11.4. The zero-order chi connectivity index (χ0) is 19.6. The maximum absolute atomic E-state index is 12.3. The molecular formula is C20H14N6OS2. The Morgan fingerprint density at radius 1 is 1.07 bits per heavy atom. The number of anilines is 1. The number of amides is 1. The maximum atomic E-state index is 12.3. The van der Waals surface area contributed by atoms with Crippen molar-refractivity contribution in [2.75, 3.05) is 11.1 Å². The average molecular weight is 419 g/mol. The molecule has 1 amide bonds. The van der Waals surface area contributed by atoms with Gasteiger partial charge < -0.3 is 5.32 Å². The minimum Gasteiger partial charge on any atom is -0.301 e. The fraction of sp³-hybridized carbons (Fsp3) is 0.0500. The summed E-state index contributed by atoms with van der Waals surface area (Å²) in [4.78, 5) is 25.8. The Hall–Kier alpha value is -3.30. The van der Waals surface area contributed by atoms with Crippen LogP contribution in [0.4, 0.5) is 5.13 Å². The predicted octanol–water partition coefficient (Wildman–Crippen LogP) is 4.13. The van der Waals surface area contributed by atoms with E-state index >= 15 is 0 Å². The Balaban J connectivity index is 1.53. The minimum atomic E-state index is -0.142. The molecule has 0 bridgehead atoms. The maximum Gasteiger partial charge on any atom is 0.236 e. The second kappa shape index (κ2) is 7.61. The third-order valence-electron chi connectivity index (χ3n) is 4.19. The van der Waals surface area contributed by atoms with Gasteiger partial charge in [-0.25, -0.2) is 15.0 Å². The molecule has 0 saturated carbocycles. The number of carbonyl (C=O) groups excluding carboxylic acids is 1. The van der Waals surface area contributed by atoms with Crippen LogP contribution < -0.4 is 5.32 Å². The number of hydrogen-bond acceptors (Lipinski definition) is 7. The number of hydrogen-bond donors (Lipinski definition) is 1. The molecule has 0 atom stereocenters. The first-order chi connectivity index (χ1) is 14.3. The molecule has 0 spiro atoms. The van der Waals surface area contributed by atoms with Gasteiger partial charge in [0.15, 0.2) is 21.8 Å². The van der Waals surface area contributed by atoms with Crippen LogP contribution in [0.3, 0.4) is 0 Å². The molecule has 5 aromatic rings. The van der Waals surface area contributed by atoms with Crippen LogP contribution in [-0.2, 0) is 4.79 Å². The smallest absolute Gasteiger partial charge is 0.236 e. The molecule has 0 fully saturated rings. The summed E-state index contributed by atoms with van der Waals surface area (Å²) in [7, 11) is 0. The molecule has 1 N–H and O–H groups in total. The summed E-state index contributed by atoms with van der Waals surface area (Å²) in [5.74, 6) is 0.676. The monoisotopic (exact) mass is 418 g/mol. The Morgan fingerprint density at radius 2 is 1.90 bits per heavy atom. The Kier molecular flexibility index (Phi) is 4.66. The molecule has 142 valence electrons. The van der Waals surface area contributed by atoms with Crippen molar-refractivity contribution < 1.29 is 4.79 Å². The SMILES string of the molecule is O=C(CSc1nc2ccccc2c2nc(-c3ccccc3)nn12)Nc1nccs1. The van der Waals surface area contributed by atoms with Crippen molar-refractivity contribution in [3.63, 3.8) is 0 Å². The van der Waals surface area contributed by atoms with E-state index in [1.807, 2.05) is 60.0 Å². The van der Waals surface area contributed by atoms with Gasteiger partial charge in [-0.05, 0) is 12.1 Å². The lowest BCUT2D eigenvalue weighted by Gasteiger charge is -2.06. The van der Waals surface area contributed by atoms with Crippen LogP contribution in [0, 0.1) is 0 Å². The van der Waals surface area contributed by atoms with Gasteiger partial charge in [-0.1, -0.05) is 54.2 Å². The van der Waals surface area contributed by atoms with Crippen molar-refractivity contribution in [3.05, 3.63) is 66.2 Å². The lowest BCUT2D eigenvalue weighted by Crippen LogP contribution is -2.14. The molecule has 2 aromatic carbocycles. The molecule has 3 heterocycles. The predicted molar refractivity (Wildman–Crippen MR) is 115 cm³/mol. The number of nitrogens with zero attached hydrogens (tertiary/aromatic N) is 5. The molecule has 0 saturated heterocycles. The molecule has 7 nitrogen and oxygen atoms in total. The minimum absolute atomic E-state index is 0.142. The van der Waals surface area contributed by atoms with Crippen LogP contribution in [0.2, 0.25) is 0 Å². The Labute approximate surface area is 173 Å². The summed E-state index contributed by atoms with van der Waals surface area (Å²) in [5.41, 5.74) is 2.46. The van der Waals surface area contributed by atoms with Gasteiger partial charge in [0, 0.05) is 22.5 Å². The van der Waals surface area contributed by atoms with Gasteiger partial charge in [0.1, 0.15) is 0 Å². The van der Waals surface area contributed by atoms with Crippen LogP contribution in [0.5, 0.6) is 0 Å². The van der Waals surface area contributed by atoms with E-state index in [0.717, 1.165) is 22.1 Å². The lowest BCUT2D eigenvalue weighted by molar-refractivity contribution is -0.113. The molecule has 5 rings (SSSR count). The van der Waals surface area contributed by atoms with E-state index in [-0.39, 0.29) is 11.7 Å². The van der Waals surface area contributed by atoms with Gasteiger partial charge in [0.25, 0.3) is 0 Å². The summed E-state index contributed by atoms with van der Waals surface area (Å²) >= 11 is 2.70. The van der Waals surface area contributed by atoms with Gasteiger partial charge in [-0.3, -0.25) is 4.79 Å². The molecule has 0 aliphatic rings. The van der Waals surface area contributed by atoms with E-state index < -0.39 is 0 Å². The van der Waals surface area contributed by atoms with Crippen molar-refractivity contribution in [1.82, 2.24) is 24.6 Å². The zero-order valence-electron chi connectivity index (χ0n) is 15.0. The standard InChI is InChI=1S/C20H14N6OS2/c27-16(23-19-21-10-11-28-19)12-29-20-22-15-9-5-4-8-14(15)18-24-17(25-26(18)20)13-6-2-1-3-7-13/h1-11H,12H2,(H,21,23,27). The third kappa shape index (κ3) is 3.57. The Morgan fingerprint density at radius 3 is 2.72 bits per heavy atom. The molecule has 0 aliphatic heterocycles. The van der Waals surface area contributed by atoms with E-state index in [0.29, 0.717) is 16.1 Å². The van der Waals surface area contributed by atoms with E-state index in [2.05, 4.69) is 15.4 Å². The fourth-order valence-corrected chi connectivity index (χ4v) is 4.19. The summed E-state index contributed by atoms with van der Waals surface area (Å²) in [6.45, 7) is 0. The third-order valence-corrected chi connectivity index (χ3v) is 5.81. The summed E-state index contributed by atoms with van der Waals surface area (Å²) in [6, 6.07) is 17.6. The highest BCUT2D eigenvalue weighted by atomic mass is 32.2. The first-order valence-corrected chi connectivity index (χ1v) is 10.7. The Bertz CT molecular complexity index is 1300. The molecular weight excluding hydrogens is 404 g/mol. The van der Waals surface area contributed by atoms with E-state index in [9.17, 15) is 4.79 Å². The highest BCUT2D eigenvalue weighted by Crippen LogP contribution is 2.26. The largest absolute Gasteiger partial charge is 0.301 e. The van der Waals surface area contributed by atoms with Gasteiger partial charge in [-0.2, -0.15) is 4.52 Å². The number of para-hydroxylation sites is 1. The molecule has 0 radical (unpaired) electrons. The first-order valence-electron chi connectivity index (χ1n) is 8.81. The van der Waals surface area contributed by atoms with Crippen molar-refractivity contribution in [1.29, 1.82) is 0 Å². The summed E-state index contributed by atoms with van der Waals surface area (Å²) < 4.78 is 1.71. The van der Waals surface area contributed by atoms with Crippen molar-refractivity contribution >= 4 is 50.7 Å². The van der Waals surface area contributed by atoms with Crippen LogP contribution in [0.25, 0.3) is 27.9 Å². The van der Waals surface area contributed by atoms with Gasteiger partial charge in [0.05, 0.1) is 11.3 Å². The van der Waals surface area contributed by atoms with Gasteiger partial charge in [0.2, 0.25) is 5.91 Å². The van der Waals surface area contributed by atoms with Crippen molar-refractivity contribution in [2.45, 2.75) is 5.16 Å². The number of aromatic nitrogens is 5. The van der Waals surface area contributed by atoms with Crippen molar-refractivity contribution in [2.24, 2.45) is 0 Å². The molecule has 29 heavy (non-hydrogen) atoms. The molecule has 0 aliphatic carbocycles. The highest BCUT2D eigenvalue weighted by Gasteiger charge is 2.16. The zero-order valence-corrected chi connectivity index (χ0v) is 16.7. The second-order valence-electron chi connectivity index (χ2n) is 6.12. The normalized spacial score (nSPS) is 11.2. The number of nitrogens with one attached hydrogen (secondary N) is 1.